The highest BCUT2D eigenvalue weighted by Gasteiger charge is 2.42. The van der Waals surface area contributed by atoms with Gasteiger partial charge in [0.05, 0.1) is 5.41 Å². The fraction of sp³-hybridized carbons (Fsp3) is 0.938. The topological polar surface area (TPSA) is 43.8 Å². The van der Waals surface area contributed by atoms with E-state index < -0.39 is 11.4 Å². The lowest BCUT2D eigenvalue weighted by Gasteiger charge is -2.39. The van der Waals surface area contributed by atoms with E-state index in [0.29, 0.717) is 5.92 Å². The number of rotatable bonds is 8. The first-order valence-corrected chi connectivity index (χ1v) is 8.00. The molecule has 4 nitrogen and oxygen atoms in total. The van der Waals surface area contributed by atoms with Crippen LogP contribution in [-0.4, -0.2) is 61.2 Å². The Balaban J connectivity index is 2.67. The van der Waals surface area contributed by atoms with Gasteiger partial charge in [0.15, 0.2) is 0 Å². The number of carboxylic acid groups (broad SMARTS) is 1. The van der Waals surface area contributed by atoms with E-state index in [9.17, 15) is 9.90 Å². The first-order valence-electron chi connectivity index (χ1n) is 8.00. The molecule has 118 valence electrons. The molecule has 0 aromatic heterocycles. The molecule has 0 bridgehead atoms. The van der Waals surface area contributed by atoms with E-state index in [1.807, 2.05) is 0 Å². The molecule has 0 atom stereocenters. The van der Waals surface area contributed by atoms with Crippen molar-refractivity contribution in [2.45, 2.75) is 46.0 Å². The van der Waals surface area contributed by atoms with Crippen LogP contribution in [0.5, 0.6) is 0 Å². The highest BCUT2D eigenvalue weighted by molar-refractivity contribution is 5.75. The molecule has 0 heterocycles. The Morgan fingerprint density at radius 1 is 1.20 bits per heavy atom. The van der Waals surface area contributed by atoms with E-state index in [0.717, 1.165) is 58.3 Å². The van der Waals surface area contributed by atoms with Gasteiger partial charge in [0.1, 0.15) is 0 Å². The van der Waals surface area contributed by atoms with Gasteiger partial charge in [-0.15, -0.1) is 0 Å². The third-order valence-corrected chi connectivity index (χ3v) is 4.61. The van der Waals surface area contributed by atoms with Crippen LogP contribution in [0.25, 0.3) is 0 Å². The van der Waals surface area contributed by atoms with E-state index in [1.165, 1.54) is 0 Å². The van der Waals surface area contributed by atoms with Crippen LogP contribution in [0.15, 0.2) is 0 Å². The summed E-state index contributed by atoms with van der Waals surface area (Å²) in [5, 5.41) is 9.73. The number of hydrogen-bond acceptors (Lipinski definition) is 3. The van der Waals surface area contributed by atoms with Crippen molar-refractivity contribution in [1.29, 1.82) is 0 Å². The lowest BCUT2D eigenvalue weighted by molar-refractivity contribution is -0.153. The molecule has 1 fully saturated rings. The van der Waals surface area contributed by atoms with Crippen molar-refractivity contribution in [3.63, 3.8) is 0 Å². The molecule has 20 heavy (non-hydrogen) atoms. The molecule has 0 aliphatic heterocycles. The number of aliphatic carboxylic acids is 1. The molecule has 0 amide bonds. The van der Waals surface area contributed by atoms with Crippen LogP contribution in [0, 0.1) is 11.3 Å². The van der Waals surface area contributed by atoms with Crippen LogP contribution in [0.3, 0.4) is 0 Å². The van der Waals surface area contributed by atoms with Gasteiger partial charge in [-0.3, -0.25) is 4.79 Å². The van der Waals surface area contributed by atoms with Crippen molar-refractivity contribution >= 4 is 5.97 Å². The first kappa shape index (κ1) is 17.4. The summed E-state index contributed by atoms with van der Waals surface area (Å²) in [6.45, 7) is 8.08. The molecule has 1 aliphatic rings. The van der Waals surface area contributed by atoms with Crippen molar-refractivity contribution in [3.8, 4) is 0 Å². The van der Waals surface area contributed by atoms with Gasteiger partial charge < -0.3 is 14.9 Å². The Kier molecular flexibility index (Phi) is 6.96. The highest BCUT2D eigenvalue weighted by Crippen LogP contribution is 2.39. The van der Waals surface area contributed by atoms with E-state index in [-0.39, 0.29) is 0 Å². The number of nitrogens with zero attached hydrogens (tertiary/aromatic N) is 2. The molecule has 1 saturated carbocycles. The van der Waals surface area contributed by atoms with Gasteiger partial charge in [-0.2, -0.15) is 0 Å². The van der Waals surface area contributed by atoms with E-state index in [1.54, 1.807) is 0 Å². The molecule has 0 spiro atoms. The maximum atomic E-state index is 11.8. The second kappa shape index (κ2) is 7.99. The maximum Gasteiger partial charge on any atom is 0.310 e. The SMILES string of the molecule is CCCN(CCN(C)C)CC1(C(=O)O)CCC(C)CC1. The molecule has 1 N–H and O–H groups in total. The number of likely N-dealkylation sites (N-methyl/N-ethyl adjacent to an activating group) is 1. The predicted molar refractivity (Wildman–Crippen MR) is 83.0 cm³/mol. The Hall–Kier alpha value is -0.610. The summed E-state index contributed by atoms with van der Waals surface area (Å²) in [6, 6.07) is 0. The van der Waals surface area contributed by atoms with Crippen LogP contribution in [0.4, 0.5) is 0 Å². The van der Waals surface area contributed by atoms with Crippen molar-refractivity contribution in [2.24, 2.45) is 11.3 Å². The number of carbonyl (C=O) groups is 1. The average molecular weight is 284 g/mol. The summed E-state index contributed by atoms with van der Waals surface area (Å²) in [5.74, 6) is 0.0965. The standard InChI is InChI=1S/C16H32N2O2/c1-5-10-18(12-11-17(3)4)13-16(15(19)20)8-6-14(2)7-9-16/h14H,5-13H2,1-4H3,(H,19,20). The Morgan fingerprint density at radius 3 is 2.25 bits per heavy atom. The van der Waals surface area contributed by atoms with Gasteiger partial charge in [0, 0.05) is 19.6 Å². The lowest BCUT2D eigenvalue weighted by atomic mass is 9.70. The Labute approximate surface area is 124 Å². The second-order valence-corrected chi connectivity index (χ2v) is 6.85. The molecule has 1 aliphatic carbocycles. The average Bonchev–Trinajstić information content (AvgIpc) is 2.39. The molecular weight excluding hydrogens is 252 g/mol. The summed E-state index contributed by atoms with van der Waals surface area (Å²) in [5.41, 5.74) is -0.506. The van der Waals surface area contributed by atoms with Crippen LogP contribution < -0.4 is 0 Å². The zero-order valence-corrected chi connectivity index (χ0v) is 13.7. The zero-order chi connectivity index (χ0) is 15.2. The van der Waals surface area contributed by atoms with Crippen LogP contribution >= 0.6 is 0 Å². The molecule has 0 radical (unpaired) electrons. The number of carboxylic acids is 1. The molecule has 0 saturated heterocycles. The second-order valence-electron chi connectivity index (χ2n) is 6.85. The van der Waals surface area contributed by atoms with Crippen LogP contribution in [0.1, 0.15) is 46.0 Å². The molecule has 1 rings (SSSR count). The van der Waals surface area contributed by atoms with Crippen molar-refractivity contribution < 1.29 is 9.90 Å². The monoisotopic (exact) mass is 284 g/mol. The van der Waals surface area contributed by atoms with Crippen molar-refractivity contribution in [1.82, 2.24) is 9.80 Å². The predicted octanol–water partition coefficient (Wildman–Crippen LogP) is 2.54. The summed E-state index contributed by atoms with van der Waals surface area (Å²) in [7, 11) is 4.14. The summed E-state index contributed by atoms with van der Waals surface area (Å²) < 4.78 is 0. The summed E-state index contributed by atoms with van der Waals surface area (Å²) >= 11 is 0. The maximum absolute atomic E-state index is 11.8. The van der Waals surface area contributed by atoms with Crippen molar-refractivity contribution in [2.75, 3.05) is 40.3 Å². The fourth-order valence-corrected chi connectivity index (χ4v) is 3.11. The minimum absolute atomic E-state index is 0.506. The van der Waals surface area contributed by atoms with Gasteiger partial charge in [-0.05, 0) is 58.7 Å². The smallest absolute Gasteiger partial charge is 0.310 e. The van der Waals surface area contributed by atoms with Crippen molar-refractivity contribution in [3.05, 3.63) is 0 Å². The van der Waals surface area contributed by atoms with E-state index >= 15 is 0 Å². The molecule has 0 unspecified atom stereocenters. The van der Waals surface area contributed by atoms with E-state index in [2.05, 4.69) is 37.7 Å². The Bertz CT molecular complexity index is 297. The summed E-state index contributed by atoms with van der Waals surface area (Å²) in [6.07, 6.45) is 4.87. The minimum Gasteiger partial charge on any atom is -0.481 e. The van der Waals surface area contributed by atoms with Gasteiger partial charge in [0.25, 0.3) is 0 Å². The fourth-order valence-electron chi connectivity index (χ4n) is 3.11. The third-order valence-electron chi connectivity index (χ3n) is 4.61. The van der Waals surface area contributed by atoms with Gasteiger partial charge in [-0.25, -0.2) is 0 Å². The summed E-state index contributed by atoms with van der Waals surface area (Å²) in [4.78, 5) is 16.3. The largest absolute Gasteiger partial charge is 0.481 e. The minimum atomic E-state index is -0.588. The van der Waals surface area contributed by atoms with Crippen LogP contribution in [-0.2, 0) is 4.79 Å². The van der Waals surface area contributed by atoms with Gasteiger partial charge >= 0.3 is 5.97 Å². The van der Waals surface area contributed by atoms with Gasteiger partial charge in [0.2, 0.25) is 0 Å². The Morgan fingerprint density at radius 2 is 1.80 bits per heavy atom. The molecular formula is C16H32N2O2. The molecule has 0 aromatic carbocycles. The number of hydrogen-bond donors (Lipinski definition) is 1. The van der Waals surface area contributed by atoms with Crippen LogP contribution in [0.2, 0.25) is 0 Å². The molecule has 4 heteroatoms. The lowest BCUT2D eigenvalue weighted by Crippen LogP contribution is -2.47. The van der Waals surface area contributed by atoms with Gasteiger partial charge in [-0.1, -0.05) is 13.8 Å². The highest BCUT2D eigenvalue weighted by atomic mass is 16.4. The normalized spacial score (nSPS) is 27.2. The van der Waals surface area contributed by atoms with E-state index in [4.69, 9.17) is 0 Å². The first-order chi connectivity index (χ1) is 9.39. The molecule has 0 aromatic rings. The third kappa shape index (κ3) is 5.06. The quantitative estimate of drug-likeness (QED) is 0.744. The zero-order valence-electron chi connectivity index (χ0n) is 13.7.